The first-order valence-corrected chi connectivity index (χ1v) is 5.66. The Labute approximate surface area is 72.3 Å². The van der Waals surface area contributed by atoms with Crippen LogP contribution in [0.3, 0.4) is 0 Å². The molecular formula is C8H12O3Si. The van der Waals surface area contributed by atoms with E-state index in [1.807, 2.05) is 6.07 Å². The molecule has 66 valence electrons. The van der Waals surface area contributed by atoms with Crippen molar-refractivity contribution in [1.82, 2.24) is 0 Å². The number of benzene rings is 1. The zero-order valence-electron chi connectivity index (χ0n) is 6.81. The van der Waals surface area contributed by atoms with Crippen LogP contribution >= 0.6 is 0 Å². The summed E-state index contributed by atoms with van der Waals surface area (Å²) in [7, 11) is -4.00. The van der Waals surface area contributed by atoms with Gasteiger partial charge in [-0.2, -0.15) is 0 Å². The summed E-state index contributed by atoms with van der Waals surface area (Å²) in [6.07, 6.45) is 0. The van der Waals surface area contributed by atoms with E-state index in [1.54, 1.807) is 31.2 Å². The van der Waals surface area contributed by atoms with E-state index in [-0.39, 0.29) is 0 Å². The summed E-state index contributed by atoms with van der Waals surface area (Å²) in [5.74, 6) is 0. The maximum absolute atomic E-state index is 8.99. The van der Waals surface area contributed by atoms with Crippen LogP contribution in [0.2, 0.25) is 0 Å². The highest BCUT2D eigenvalue weighted by atomic mass is 28.4. The van der Waals surface area contributed by atoms with Gasteiger partial charge in [-0.1, -0.05) is 37.3 Å². The largest absolute Gasteiger partial charge is 0.500 e. The van der Waals surface area contributed by atoms with Gasteiger partial charge in [-0.3, -0.25) is 0 Å². The molecule has 1 unspecified atom stereocenters. The van der Waals surface area contributed by atoms with Crippen LogP contribution in [0.1, 0.15) is 18.0 Å². The molecule has 3 nitrogen and oxygen atoms in total. The van der Waals surface area contributed by atoms with Gasteiger partial charge in [0.15, 0.2) is 0 Å². The molecule has 1 aromatic rings. The average Bonchev–Trinajstić information content (AvgIpc) is 2.03. The highest BCUT2D eigenvalue weighted by molar-refractivity contribution is 6.57. The minimum absolute atomic E-state index is 0.571. The fourth-order valence-electron chi connectivity index (χ4n) is 0.965. The van der Waals surface area contributed by atoms with E-state index in [1.165, 1.54) is 0 Å². The van der Waals surface area contributed by atoms with Crippen LogP contribution in [0.4, 0.5) is 0 Å². The lowest BCUT2D eigenvalue weighted by Crippen LogP contribution is -2.41. The Morgan fingerprint density at radius 3 is 2.00 bits per heavy atom. The van der Waals surface area contributed by atoms with Crippen LogP contribution in [0.25, 0.3) is 0 Å². The van der Waals surface area contributed by atoms with Crippen LogP contribution in [0.15, 0.2) is 30.3 Å². The van der Waals surface area contributed by atoms with Crippen molar-refractivity contribution in [1.29, 1.82) is 0 Å². The van der Waals surface area contributed by atoms with Gasteiger partial charge in [-0.05, 0) is 5.56 Å². The topological polar surface area (TPSA) is 60.7 Å². The van der Waals surface area contributed by atoms with Crippen LogP contribution < -0.4 is 0 Å². The lowest BCUT2D eigenvalue weighted by atomic mass is 10.2. The number of rotatable bonds is 2. The highest BCUT2D eigenvalue weighted by Gasteiger charge is 2.36. The molecule has 0 aliphatic heterocycles. The van der Waals surface area contributed by atoms with Crippen molar-refractivity contribution in [2.75, 3.05) is 0 Å². The molecule has 1 rings (SSSR count). The second-order valence-electron chi connectivity index (χ2n) is 2.82. The fourth-order valence-corrected chi connectivity index (χ4v) is 1.60. The minimum atomic E-state index is -4.00. The summed E-state index contributed by atoms with van der Waals surface area (Å²) in [6, 6.07) is 8.95. The third-order valence-corrected chi connectivity index (χ3v) is 3.38. The zero-order valence-corrected chi connectivity index (χ0v) is 7.81. The van der Waals surface area contributed by atoms with Gasteiger partial charge in [0.05, 0.1) is 5.54 Å². The van der Waals surface area contributed by atoms with Gasteiger partial charge in [0.25, 0.3) is 0 Å². The van der Waals surface area contributed by atoms with Crippen molar-refractivity contribution in [3.63, 3.8) is 0 Å². The zero-order chi connectivity index (χ0) is 9.19. The van der Waals surface area contributed by atoms with Gasteiger partial charge in [0, 0.05) is 0 Å². The van der Waals surface area contributed by atoms with Gasteiger partial charge in [-0.25, -0.2) is 0 Å². The Bertz CT molecular complexity index is 242. The number of hydrogen-bond donors (Lipinski definition) is 3. The predicted molar refractivity (Wildman–Crippen MR) is 47.3 cm³/mol. The van der Waals surface area contributed by atoms with Crippen molar-refractivity contribution >= 4 is 8.80 Å². The monoisotopic (exact) mass is 184 g/mol. The molecule has 0 heterocycles. The average molecular weight is 184 g/mol. The smallest absolute Gasteiger partial charge is 0.390 e. The maximum Gasteiger partial charge on any atom is 0.500 e. The van der Waals surface area contributed by atoms with E-state index in [9.17, 15) is 0 Å². The molecule has 0 radical (unpaired) electrons. The first-order valence-electron chi connectivity index (χ1n) is 3.74. The van der Waals surface area contributed by atoms with Gasteiger partial charge in [0.2, 0.25) is 0 Å². The molecular weight excluding hydrogens is 172 g/mol. The van der Waals surface area contributed by atoms with E-state index in [0.29, 0.717) is 0 Å². The van der Waals surface area contributed by atoms with Gasteiger partial charge < -0.3 is 14.4 Å². The van der Waals surface area contributed by atoms with Crippen molar-refractivity contribution in [2.45, 2.75) is 12.5 Å². The Balaban J connectivity index is 2.86. The van der Waals surface area contributed by atoms with E-state index in [4.69, 9.17) is 14.4 Å². The van der Waals surface area contributed by atoms with Crippen molar-refractivity contribution < 1.29 is 14.4 Å². The van der Waals surface area contributed by atoms with Crippen molar-refractivity contribution in [3.05, 3.63) is 35.9 Å². The fraction of sp³-hybridized carbons (Fsp3) is 0.250. The Hall–Kier alpha value is -0.683. The summed E-state index contributed by atoms with van der Waals surface area (Å²) >= 11 is 0. The molecule has 0 aliphatic carbocycles. The molecule has 0 aromatic heterocycles. The Morgan fingerprint density at radius 2 is 1.58 bits per heavy atom. The first-order chi connectivity index (χ1) is 5.52. The molecule has 0 fully saturated rings. The molecule has 4 heteroatoms. The molecule has 0 bridgehead atoms. The highest BCUT2D eigenvalue weighted by Crippen LogP contribution is 2.19. The van der Waals surface area contributed by atoms with Crippen LogP contribution in [0, 0.1) is 0 Å². The van der Waals surface area contributed by atoms with Gasteiger partial charge in [-0.15, -0.1) is 0 Å². The third kappa shape index (κ3) is 2.15. The normalized spacial score (nSPS) is 14.3. The standard InChI is InChI=1S/C8H12O3Si/c1-7(12(9,10)11)8-5-3-2-4-6-8/h2-7,9-11H,1H3. The Kier molecular flexibility index (Phi) is 2.64. The van der Waals surface area contributed by atoms with Crippen LogP contribution in [-0.2, 0) is 0 Å². The summed E-state index contributed by atoms with van der Waals surface area (Å²) in [5.41, 5.74) is 0.176. The van der Waals surface area contributed by atoms with E-state index >= 15 is 0 Å². The first kappa shape index (κ1) is 9.41. The Morgan fingerprint density at radius 1 is 1.08 bits per heavy atom. The second kappa shape index (κ2) is 3.36. The van der Waals surface area contributed by atoms with Crippen molar-refractivity contribution in [2.24, 2.45) is 0 Å². The molecule has 0 saturated carbocycles. The summed E-state index contributed by atoms with van der Waals surface area (Å²) in [4.78, 5) is 27.0. The van der Waals surface area contributed by atoms with Gasteiger partial charge in [0.1, 0.15) is 0 Å². The van der Waals surface area contributed by atoms with Crippen LogP contribution in [-0.4, -0.2) is 23.2 Å². The SMILES string of the molecule is CC(c1ccccc1)[Si](O)(O)O. The van der Waals surface area contributed by atoms with E-state index < -0.39 is 14.3 Å². The van der Waals surface area contributed by atoms with E-state index in [0.717, 1.165) is 5.56 Å². The number of hydrogen-bond acceptors (Lipinski definition) is 3. The second-order valence-corrected chi connectivity index (χ2v) is 5.06. The minimum Gasteiger partial charge on any atom is -0.390 e. The molecule has 0 saturated heterocycles. The van der Waals surface area contributed by atoms with Crippen molar-refractivity contribution in [3.8, 4) is 0 Å². The lowest BCUT2D eigenvalue weighted by Gasteiger charge is -2.17. The molecule has 3 N–H and O–H groups in total. The van der Waals surface area contributed by atoms with E-state index in [2.05, 4.69) is 0 Å². The maximum atomic E-state index is 8.99. The summed E-state index contributed by atoms with van der Waals surface area (Å²) in [5, 5.41) is 0. The predicted octanol–water partition coefficient (Wildman–Crippen LogP) is 0.245. The molecule has 0 spiro atoms. The molecule has 1 atom stereocenters. The molecule has 0 aliphatic rings. The summed E-state index contributed by atoms with van der Waals surface area (Å²) in [6.45, 7) is 1.60. The molecule has 12 heavy (non-hydrogen) atoms. The molecule has 0 amide bonds. The quantitative estimate of drug-likeness (QED) is 0.577. The summed E-state index contributed by atoms with van der Waals surface area (Å²) < 4.78 is 0. The van der Waals surface area contributed by atoms with Gasteiger partial charge >= 0.3 is 8.80 Å². The lowest BCUT2D eigenvalue weighted by molar-refractivity contribution is 0.215. The van der Waals surface area contributed by atoms with Crippen LogP contribution in [0.5, 0.6) is 0 Å². The third-order valence-electron chi connectivity index (χ3n) is 1.88. The molecule has 1 aromatic carbocycles.